The van der Waals surface area contributed by atoms with Crippen LogP contribution in [0.2, 0.25) is 0 Å². The van der Waals surface area contributed by atoms with E-state index >= 15 is 0 Å². The molecule has 1 unspecified atom stereocenters. The number of hydrogen-bond acceptors (Lipinski definition) is 3. The number of carbonyl (C=O) groups excluding carboxylic acids is 1. The fraction of sp³-hybridized carbons (Fsp3) is 0.412. The highest BCUT2D eigenvalue weighted by Crippen LogP contribution is 2.33. The monoisotopic (exact) mass is 302 g/mol. The van der Waals surface area contributed by atoms with Crippen LogP contribution in [0.3, 0.4) is 0 Å². The normalized spacial score (nSPS) is 17.9. The molecule has 4 nitrogen and oxygen atoms in total. The molecular weight excluding hydrogens is 283 g/mol. The molecule has 5 heteroatoms. The minimum atomic E-state index is -0.482. The third kappa shape index (κ3) is 2.75. The Balaban J connectivity index is 1.83. The van der Waals surface area contributed by atoms with Crippen LogP contribution in [0.1, 0.15) is 54.0 Å². The van der Waals surface area contributed by atoms with Crippen LogP contribution in [-0.2, 0) is 6.42 Å². The largest absolute Gasteiger partial charge is 0.361 e. The SMILES string of the molecule is CCCc1cc(C2CCCN2C(=O)c2ccccc2F)no1. The first-order chi connectivity index (χ1) is 10.7. The second-order valence-corrected chi connectivity index (χ2v) is 5.60. The molecule has 1 fully saturated rings. The van der Waals surface area contributed by atoms with Gasteiger partial charge in [0.2, 0.25) is 0 Å². The molecule has 2 heterocycles. The Morgan fingerprint density at radius 1 is 1.45 bits per heavy atom. The van der Waals surface area contributed by atoms with Gasteiger partial charge in [-0.05, 0) is 31.4 Å². The zero-order valence-corrected chi connectivity index (χ0v) is 12.6. The maximum Gasteiger partial charge on any atom is 0.257 e. The summed E-state index contributed by atoms with van der Waals surface area (Å²) in [6, 6.07) is 7.90. The van der Waals surface area contributed by atoms with Gasteiger partial charge in [0.1, 0.15) is 17.3 Å². The zero-order valence-electron chi connectivity index (χ0n) is 12.6. The Kier molecular flexibility index (Phi) is 4.22. The van der Waals surface area contributed by atoms with Crippen molar-refractivity contribution >= 4 is 5.91 Å². The summed E-state index contributed by atoms with van der Waals surface area (Å²) in [5.41, 5.74) is 0.886. The predicted octanol–water partition coefficient (Wildman–Crippen LogP) is 3.74. The Labute approximate surface area is 128 Å². The quantitative estimate of drug-likeness (QED) is 0.864. The van der Waals surface area contributed by atoms with Crippen molar-refractivity contribution in [3.63, 3.8) is 0 Å². The molecule has 1 aromatic carbocycles. The predicted molar refractivity (Wildman–Crippen MR) is 79.9 cm³/mol. The van der Waals surface area contributed by atoms with E-state index < -0.39 is 5.82 Å². The van der Waals surface area contributed by atoms with E-state index in [1.807, 2.05) is 6.07 Å². The second-order valence-electron chi connectivity index (χ2n) is 5.60. The van der Waals surface area contributed by atoms with Crippen LogP contribution in [0.15, 0.2) is 34.9 Å². The third-order valence-corrected chi connectivity index (χ3v) is 4.03. The molecule has 0 bridgehead atoms. The minimum absolute atomic E-state index is 0.117. The molecule has 0 saturated carbocycles. The lowest BCUT2D eigenvalue weighted by Gasteiger charge is -2.23. The van der Waals surface area contributed by atoms with E-state index in [0.29, 0.717) is 6.54 Å². The summed E-state index contributed by atoms with van der Waals surface area (Å²) in [5, 5.41) is 4.10. The highest BCUT2D eigenvalue weighted by molar-refractivity contribution is 5.94. The number of nitrogens with zero attached hydrogens (tertiary/aromatic N) is 2. The van der Waals surface area contributed by atoms with Gasteiger partial charge in [-0.3, -0.25) is 4.79 Å². The third-order valence-electron chi connectivity index (χ3n) is 4.03. The van der Waals surface area contributed by atoms with Crippen molar-refractivity contribution in [2.24, 2.45) is 0 Å². The Morgan fingerprint density at radius 3 is 3.05 bits per heavy atom. The fourth-order valence-electron chi connectivity index (χ4n) is 2.96. The van der Waals surface area contributed by atoms with Gasteiger partial charge in [0.25, 0.3) is 5.91 Å². The van der Waals surface area contributed by atoms with Gasteiger partial charge in [-0.1, -0.05) is 24.2 Å². The molecule has 0 spiro atoms. The molecule has 0 aliphatic carbocycles. The van der Waals surface area contributed by atoms with Crippen LogP contribution in [0.5, 0.6) is 0 Å². The van der Waals surface area contributed by atoms with Crippen LogP contribution in [0, 0.1) is 5.82 Å². The number of rotatable bonds is 4. The maximum atomic E-state index is 13.8. The van der Waals surface area contributed by atoms with Gasteiger partial charge >= 0.3 is 0 Å². The molecule has 0 radical (unpaired) electrons. The van der Waals surface area contributed by atoms with E-state index in [-0.39, 0.29) is 17.5 Å². The van der Waals surface area contributed by atoms with Crippen LogP contribution >= 0.6 is 0 Å². The number of hydrogen-bond donors (Lipinski definition) is 0. The molecule has 1 aliphatic rings. The number of amides is 1. The Bertz CT molecular complexity index is 668. The fourth-order valence-corrected chi connectivity index (χ4v) is 2.96. The first kappa shape index (κ1) is 14.8. The number of carbonyl (C=O) groups is 1. The van der Waals surface area contributed by atoms with Gasteiger partial charge in [0, 0.05) is 19.0 Å². The molecule has 116 valence electrons. The summed E-state index contributed by atoms with van der Waals surface area (Å²) < 4.78 is 19.2. The van der Waals surface area contributed by atoms with Crippen molar-refractivity contribution in [1.29, 1.82) is 0 Å². The first-order valence-corrected chi connectivity index (χ1v) is 7.71. The van der Waals surface area contributed by atoms with E-state index in [0.717, 1.165) is 37.1 Å². The van der Waals surface area contributed by atoms with Gasteiger partial charge in [-0.2, -0.15) is 0 Å². The summed E-state index contributed by atoms with van der Waals surface area (Å²) >= 11 is 0. The zero-order chi connectivity index (χ0) is 15.5. The molecule has 1 atom stereocenters. The number of likely N-dealkylation sites (tertiary alicyclic amines) is 1. The van der Waals surface area contributed by atoms with E-state index in [2.05, 4.69) is 12.1 Å². The molecule has 1 aliphatic heterocycles. The molecule has 1 aromatic heterocycles. The van der Waals surface area contributed by atoms with Gasteiger partial charge in [-0.25, -0.2) is 4.39 Å². The van der Waals surface area contributed by atoms with Gasteiger partial charge < -0.3 is 9.42 Å². The highest BCUT2D eigenvalue weighted by atomic mass is 19.1. The topological polar surface area (TPSA) is 46.3 Å². The summed E-state index contributed by atoms with van der Waals surface area (Å²) in [5.74, 6) is 0.0771. The lowest BCUT2D eigenvalue weighted by atomic mass is 10.1. The number of halogens is 1. The Hall–Kier alpha value is -2.17. The molecule has 1 saturated heterocycles. The average Bonchev–Trinajstić information content (AvgIpc) is 3.16. The van der Waals surface area contributed by atoms with Gasteiger partial charge in [0.15, 0.2) is 0 Å². The standard InChI is InChI=1S/C17H19FN2O2/c1-2-6-12-11-15(19-22-12)16-9-5-10-20(16)17(21)13-7-3-4-8-14(13)18/h3-4,7-8,11,16H,2,5-6,9-10H2,1H3. The summed E-state index contributed by atoms with van der Waals surface area (Å²) in [6.45, 7) is 2.69. The average molecular weight is 302 g/mol. The van der Waals surface area contributed by atoms with Crippen LogP contribution in [0.4, 0.5) is 4.39 Å². The summed E-state index contributed by atoms with van der Waals surface area (Å²) in [4.78, 5) is 14.3. The molecule has 1 amide bonds. The van der Waals surface area contributed by atoms with E-state index in [1.54, 1.807) is 17.0 Å². The van der Waals surface area contributed by atoms with E-state index in [4.69, 9.17) is 4.52 Å². The van der Waals surface area contributed by atoms with Crippen molar-refractivity contribution in [3.8, 4) is 0 Å². The van der Waals surface area contributed by atoms with Crippen LogP contribution in [0.25, 0.3) is 0 Å². The molecule has 0 N–H and O–H groups in total. The molecule has 2 aromatic rings. The molecular formula is C17H19FN2O2. The summed E-state index contributed by atoms with van der Waals surface area (Å²) in [6.07, 6.45) is 3.54. The minimum Gasteiger partial charge on any atom is -0.361 e. The van der Waals surface area contributed by atoms with E-state index in [1.165, 1.54) is 12.1 Å². The van der Waals surface area contributed by atoms with E-state index in [9.17, 15) is 9.18 Å². The highest BCUT2D eigenvalue weighted by Gasteiger charge is 2.33. The first-order valence-electron chi connectivity index (χ1n) is 7.71. The van der Waals surface area contributed by atoms with Crippen molar-refractivity contribution in [1.82, 2.24) is 10.1 Å². The van der Waals surface area contributed by atoms with Crippen molar-refractivity contribution in [3.05, 3.63) is 53.2 Å². The number of aryl methyl sites for hydroxylation is 1. The van der Waals surface area contributed by atoms with Crippen molar-refractivity contribution in [2.45, 2.75) is 38.6 Å². The lowest BCUT2D eigenvalue weighted by Crippen LogP contribution is -2.31. The number of benzene rings is 1. The second kappa shape index (κ2) is 6.30. The van der Waals surface area contributed by atoms with Crippen LogP contribution in [-0.4, -0.2) is 22.5 Å². The molecule has 22 heavy (non-hydrogen) atoms. The Morgan fingerprint density at radius 2 is 2.27 bits per heavy atom. The van der Waals surface area contributed by atoms with Gasteiger partial charge in [-0.15, -0.1) is 0 Å². The van der Waals surface area contributed by atoms with Gasteiger partial charge in [0.05, 0.1) is 11.6 Å². The van der Waals surface area contributed by atoms with Crippen molar-refractivity contribution in [2.75, 3.05) is 6.54 Å². The lowest BCUT2D eigenvalue weighted by molar-refractivity contribution is 0.0726. The summed E-state index contributed by atoms with van der Waals surface area (Å²) in [7, 11) is 0. The maximum absolute atomic E-state index is 13.8. The van der Waals surface area contributed by atoms with Crippen LogP contribution < -0.4 is 0 Å². The molecule has 3 rings (SSSR count). The van der Waals surface area contributed by atoms with Crippen molar-refractivity contribution < 1.29 is 13.7 Å². The number of aromatic nitrogens is 1. The smallest absolute Gasteiger partial charge is 0.257 e.